The van der Waals surface area contributed by atoms with E-state index in [2.05, 4.69) is 34.3 Å². The van der Waals surface area contributed by atoms with Crippen LogP contribution in [0.15, 0.2) is 34.5 Å². The second-order valence-electron chi connectivity index (χ2n) is 5.11. The molecule has 8 heteroatoms. The number of hydrogen-bond donors (Lipinski definition) is 2. The topological polar surface area (TPSA) is 94.4 Å². The van der Waals surface area contributed by atoms with Gasteiger partial charge in [-0.1, -0.05) is 23.9 Å². The van der Waals surface area contributed by atoms with Crippen molar-refractivity contribution in [1.29, 1.82) is 0 Å². The highest BCUT2D eigenvalue weighted by molar-refractivity contribution is 8.15. The predicted molar refractivity (Wildman–Crippen MR) is 96.8 cm³/mol. The molecule has 0 unspecified atom stereocenters. The van der Waals surface area contributed by atoms with Gasteiger partial charge in [-0.15, -0.1) is 5.10 Å². The maximum atomic E-state index is 11.6. The highest BCUT2D eigenvalue weighted by atomic mass is 32.2. The van der Waals surface area contributed by atoms with Gasteiger partial charge in [-0.2, -0.15) is 5.10 Å². The van der Waals surface area contributed by atoms with Gasteiger partial charge in [0.1, 0.15) is 5.25 Å². The van der Waals surface area contributed by atoms with E-state index in [0.717, 1.165) is 36.1 Å². The fourth-order valence-electron chi connectivity index (χ4n) is 2.25. The second-order valence-corrected chi connectivity index (χ2v) is 6.30. The number of amides is 1. The number of carbonyl (C=O) groups is 2. The summed E-state index contributed by atoms with van der Waals surface area (Å²) in [6.07, 6.45) is 1.36. The minimum Gasteiger partial charge on any atom is -0.481 e. The number of carboxylic acids is 1. The van der Waals surface area contributed by atoms with Crippen molar-refractivity contribution < 1.29 is 14.7 Å². The number of benzene rings is 1. The molecule has 7 nitrogen and oxygen atoms in total. The summed E-state index contributed by atoms with van der Waals surface area (Å²) in [5.41, 5.74) is 2.05. The van der Waals surface area contributed by atoms with E-state index in [9.17, 15) is 9.59 Å². The van der Waals surface area contributed by atoms with E-state index in [0.29, 0.717) is 5.17 Å². The van der Waals surface area contributed by atoms with Crippen molar-refractivity contribution >= 4 is 40.7 Å². The van der Waals surface area contributed by atoms with Gasteiger partial charge in [0.2, 0.25) is 5.91 Å². The van der Waals surface area contributed by atoms with E-state index in [-0.39, 0.29) is 12.3 Å². The number of carbonyl (C=O) groups excluding carboxylic acids is 1. The predicted octanol–water partition coefficient (Wildman–Crippen LogP) is 1.93. The monoisotopic (exact) mass is 348 g/mol. The lowest BCUT2D eigenvalue weighted by atomic mass is 10.2. The second kappa shape index (κ2) is 8.49. The molecular formula is C16H20N4O3S. The van der Waals surface area contributed by atoms with Crippen LogP contribution >= 0.6 is 11.8 Å². The fraction of sp³-hybridized carbons (Fsp3) is 0.375. The Bertz CT molecular complexity index is 654. The number of anilines is 1. The van der Waals surface area contributed by atoms with Crippen LogP contribution in [-0.2, 0) is 9.59 Å². The maximum Gasteiger partial charge on any atom is 0.305 e. The normalized spacial score (nSPS) is 19.0. The molecular weight excluding hydrogens is 328 g/mol. The molecule has 1 saturated heterocycles. The molecule has 128 valence electrons. The number of carboxylic acid groups (broad SMARTS) is 1. The van der Waals surface area contributed by atoms with Gasteiger partial charge >= 0.3 is 5.97 Å². The molecule has 1 aliphatic rings. The standard InChI is InChI=1S/C16H20N4O3S/c1-3-20(4-2)12-7-5-11(6-8-12)10-17-19-16-18-15(23)13(24-16)9-14(21)22/h5-8,10,13H,3-4,9H2,1-2H3,(H,21,22)(H,18,19,23)/t13-/m0/s1. The van der Waals surface area contributed by atoms with Crippen LogP contribution in [0.2, 0.25) is 0 Å². The Labute approximate surface area is 144 Å². The molecule has 0 radical (unpaired) electrons. The summed E-state index contributed by atoms with van der Waals surface area (Å²) in [7, 11) is 0. The van der Waals surface area contributed by atoms with Crippen molar-refractivity contribution in [3.8, 4) is 0 Å². The van der Waals surface area contributed by atoms with Gasteiger partial charge < -0.3 is 15.3 Å². The fourth-order valence-corrected chi connectivity index (χ4v) is 3.17. The first kappa shape index (κ1) is 18.0. The van der Waals surface area contributed by atoms with Crippen molar-refractivity contribution in [2.45, 2.75) is 25.5 Å². The molecule has 1 aliphatic heterocycles. The van der Waals surface area contributed by atoms with Crippen molar-refractivity contribution in [3.63, 3.8) is 0 Å². The zero-order valence-corrected chi connectivity index (χ0v) is 14.4. The van der Waals surface area contributed by atoms with Crippen molar-refractivity contribution in [2.24, 2.45) is 10.2 Å². The quantitative estimate of drug-likeness (QED) is 0.580. The van der Waals surface area contributed by atoms with Crippen LogP contribution in [0.25, 0.3) is 0 Å². The number of nitrogens with zero attached hydrogens (tertiary/aromatic N) is 3. The van der Waals surface area contributed by atoms with E-state index in [1.807, 2.05) is 24.3 Å². The van der Waals surface area contributed by atoms with E-state index in [4.69, 9.17) is 5.11 Å². The van der Waals surface area contributed by atoms with Crippen molar-refractivity contribution in [2.75, 3.05) is 18.0 Å². The summed E-state index contributed by atoms with van der Waals surface area (Å²) in [6.45, 7) is 6.12. The Morgan fingerprint density at radius 1 is 1.33 bits per heavy atom. The molecule has 1 amide bonds. The van der Waals surface area contributed by atoms with Crippen LogP contribution in [0.1, 0.15) is 25.8 Å². The van der Waals surface area contributed by atoms with E-state index in [1.54, 1.807) is 6.21 Å². The lowest BCUT2D eigenvalue weighted by molar-refractivity contribution is -0.138. The van der Waals surface area contributed by atoms with Crippen molar-refractivity contribution in [1.82, 2.24) is 5.32 Å². The first-order valence-corrected chi connectivity index (χ1v) is 8.56. The van der Waals surface area contributed by atoms with Gasteiger partial charge in [-0.25, -0.2) is 0 Å². The molecule has 0 aliphatic carbocycles. The Hall–Kier alpha value is -2.35. The molecule has 0 bridgehead atoms. The van der Waals surface area contributed by atoms with Crippen LogP contribution in [0.4, 0.5) is 5.69 Å². The number of amidine groups is 1. The Balaban J connectivity index is 1.96. The Kier molecular flexibility index (Phi) is 6.36. The van der Waals surface area contributed by atoms with Gasteiger partial charge in [-0.05, 0) is 31.5 Å². The number of nitrogens with one attached hydrogen (secondary N) is 1. The van der Waals surface area contributed by atoms with Crippen molar-refractivity contribution in [3.05, 3.63) is 29.8 Å². The van der Waals surface area contributed by atoms with Crippen LogP contribution in [0, 0.1) is 0 Å². The van der Waals surface area contributed by atoms with Gasteiger partial charge in [0.25, 0.3) is 0 Å². The third-order valence-electron chi connectivity index (χ3n) is 3.51. The van der Waals surface area contributed by atoms with Crippen LogP contribution in [0.5, 0.6) is 0 Å². The summed E-state index contributed by atoms with van der Waals surface area (Å²) >= 11 is 1.08. The van der Waals surface area contributed by atoms with Crippen LogP contribution < -0.4 is 10.2 Å². The molecule has 0 saturated carbocycles. The first-order valence-electron chi connectivity index (χ1n) is 7.68. The molecule has 0 spiro atoms. The number of thioether (sulfide) groups is 1. The number of aliphatic carboxylic acids is 1. The lowest BCUT2D eigenvalue weighted by Crippen LogP contribution is -2.26. The third-order valence-corrected chi connectivity index (χ3v) is 4.59. The Morgan fingerprint density at radius 3 is 2.58 bits per heavy atom. The van der Waals surface area contributed by atoms with Gasteiger partial charge in [-0.3, -0.25) is 9.59 Å². The zero-order chi connectivity index (χ0) is 17.5. The molecule has 24 heavy (non-hydrogen) atoms. The smallest absolute Gasteiger partial charge is 0.305 e. The molecule has 2 rings (SSSR count). The minimum atomic E-state index is -1.01. The van der Waals surface area contributed by atoms with E-state index >= 15 is 0 Å². The molecule has 0 aromatic heterocycles. The maximum absolute atomic E-state index is 11.6. The Morgan fingerprint density at radius 2 is 2.00 bits per heavy atom. The summed E-state index contributed by atoms with van der Waals surface area (Å²) < 4.78 is 0. The van der Waals surface area contributed by atoms with Gasteiger partial charge in [0.15, 0.2) is 5.17 Å². The highest BCUT2D eigenvalue weighted by Crippen LogP contribution is 2.22. The minimum absolute atomic E-state index is 0.230. The summed E-state index contributed by atoms with van der Waals surface area (Å²) in [5.74, 6) is -1.36. The molecule has 1 atom stereocenters. The molecule has 1 heterocycles. The lowest BCUT2D eigenvalue weighted by Gasteiger charge is -2.20. The summed E-state index contributed by atoms with van der Waals surface area (Å²) in [6, 6.07) is 7.95. The number of hydrogen-bond acceptors (Lipinski definition) is 6. The third kappa shape index (κ3) is 4.82. The summed E-state index contributed by atoms with van der Waals surface area (Å²) in [5, 5.41) is 18.8. The average Bonchev–Trinajstić information content (AvgIpc) is 2.89. The largest absolute Gasteiger partial charge is 0.481 e. The van der Waals surface area contributed by atoms with Gasteiger partial charge in [0.05, 0.1) is 12.6 Å². The van der Waals surface area contributed by atoms with Gasteiger partial charge in [0, 0.05) is 18.8 Å². The van der Waals surface area contributed by atoms with E-state index in [1.165, 1.54) is 0 Å². The van der Waals surface area contributed by atoms with Crippen LogP contribution in [-0.4, -0.2) is 46.7 Å². The van der Waals surface area contributed by atoms with E-state index < -0.39 is 11.2 Å². The number of rotatable bonds is 7. The molecule has 1 aromatic rings. The van der Waals surface area contributed by atoms with Crippen LogP contribution in [0.3, 0.4) is 0 Å². The highest BCUT2D eigenvalue weighted by Gasteiger charge is 2.32. The zero-order valence-electron chi connectivity index (χ0n) is 13.6. The average molecular weight is 348 g/mol. The SMILES string of the molecule is CCN(CC)c1ccc(C=NN=C2NC(=O)[C@H](CC(=O)O)S2)cc1. The summed E-state index contributed by atoms with van der Waals surface area (Å²) in [4.78, 5) is 24.5. The molecule has 1 aromatic carbocycles. The molecule has 2 N–H and O–H groups in total. The first-order chi connectivity index (χ1) is 11.5. The molecule has 1 fully saturated rings.